The smallest absolute Gasteiger partial charge is 0.460 e. The highest BCUT2D eigenvalue weighted by atomic mass is 31.2. The quantitative estimate of drug-likeness (QED) is 0.673. The van der Waals surface area contributed by atoms with E-state index in [-0.39, 0.29) is 6.10 Å². The van der Waals surface area contributed by atoms with Crippen LogP contribution in [0.25, 0.3) is 6.08 Å². The van der Waals surface area contributed by atoms with Gasteiger partial charge in [0.15, 0.2) is 0 Å². The lowest BCUT2D eigenvalue weighted by Crippen LogP contribution is -2.15. The van der Waals surface area contributed by atoms with E-state index in [9.17, 15) is 4.57 Å². The van der Waals surface area contributed by atoms with Crippen LogP contribution in [-0.4, -0.2) is 31.5 Å². The van der Waals surface area contributed by atoms with Gasteiger partial charge in [-0.05, 0) is 53.1 Å². The van der Waals surface area contributed by atoms with Gasteiger partial charge in [-0.15, -0.1) is 0 Å². The summed E-state index contributed by atoms with van der Waals surface area (Å²) in [4.78, 5) is 0. The molecule has 0 N–H and O–H groups in total. The zero-order chi connectivity index (χ0) is 16.0. The van der Waals surface area contributed by atoms with E-state index in [4.69, 9.17) is 13.8 Å². The van der Waals surface area contributed by atoms with Crippen LogP contribution in [0.5, 0.6) is 11.5 Å². The first-order chi connectivity index (χ1) is 9.82. The zero-order valence-corrected chi connectivity index (χ0v) is 14.2. The molecule has 1 atom stereocenters. The normalized spacial score (nSPS) is 14.0. The van der Waals surface area contributed by atoms with Gasteiger partial charge in [0, 0.05) is 5.56 Å². The third-order valence-electron chi connectivity index (χ3n) is 2.57. The van der Waals surface area contributed by atoms with Crippen LogP contribution in [0.2, 0.25) is 0 Å². The first kappa shape index (κ1) is 17.8. The van der Waals surface area contributed by atoms with E-state index in [2.05, 4.69) is 6.58 Å². The molecular weight excluding hydrogens is 289 g/mol. The summed E-state index contributed by atoms with van der Waals surface area (Å²) in [6.45, 7) is 9.74. The van der Waals surface area contributed by atoms with E-state index in [1.807, 2.05) is 13.8 Å². The van der Waals surface area contributed by atoms with Gasteiger partial charge in [-0.3, -0.25) is 4.52 Å². The van der Waals surface area contributed by atoms with Gasteiger partial charge < -0.3 is 9.26 Å². The minimum absolute atomic E-state index is 0.0618. The molecule has 118 valence electrons. The second-order valence-corrected chi connectivity index (χ2v) is 7.07. The molecule has 0 heterocycles. The van der Waals surface area contributed by atoms with E-state index >= 15 is 0 Å². The molecule has 5 nitrogen and oxygen atoms in total. The standard InChI is InChI=1S/C15H24NO4P/c1-7-13-11-14(9-10-15(13)19-12(3)4)20-21(17,16(5)6)18-8-2/h7,9-12H,1,8H2,2-6H3. The number of hydrogen-bond donors (Lipinski definition) is 0. The number of benzene rings is 1. The molecule has 0 aliphatic carbocycles. The average Bonchev–Trinajstić information content (AvgIpc) is 2.40. The molecule has 1 unspecified atom stereocenters. The second kappa shape index (κ2) is 7.64. The fourth-order valence-corrected chi connectivity index (χ4v) is 2.78. The lowest BCUT2D eigenvalue weighted by atomic mass is 10.2. The Morgan fingerprint density at radius 3 is 2.52 bits per heavy atom. The number of rotatable bonds is 8. The van der Waals surface area contributed by atoms with Crippen molar-refractivity contribution in [3.63, 3.8) is 0 Å². The van der Waals surface area contributed by atoms with Crippen LogP contribution in [0.3, 0.4) is 0 Å². The maximum atomic E-state index is 12.6. The first-order valence-electron chi connectivity index (χ1n) is 6.87. The summed E-state index contributed by atoms with van der Waals surface area (Å²) < 4.78 is 30.5. The lowest BCUT2D eigenvalue weighted by Gasteiger charge is -2.24. The van der Waals surface area contributed by atoms with Crippen LogP contribution >= 0.6 is 7.75 Å². The largest absolute Gasteiger partial charge is 0.490 e. The van der Waals surface area contributed by atoms with Crippen LogP contribution in [0, 0.1) is 0 Å². The van der Waals surface area contributed by atoms with Crippen LogP contribution in [0.15, 0.2) is 24.8 Å². The van der Waals surface area contributed by atoms with Gasteiger partial charge >= 0.3 is 7.75 Å². The van der Waals surface area contributed by atoms with Crippen molar-refractivity contribution in [1.82, 2.24) is 4.67 Å². The van der Waals surface area contributed by atoms with Crippen LogP contribution in [0.4, 0.5) is 0 Å². The van der Waals surface area contributed by atoms with Gasteiger partial charge in [-0.2, -0.15) is 0 Å². The van der Waals surface area contributed by atoms with Gasteiger partial charge in [0.1, 0.15) is 11.5 Å². The van der Waals surface area contributed by atoms with Crippen molar-refractivity contribution in [2.24, 2.45) is 0 Å². The molecule has 0 aliphatic rings. The predicted molar refractivity (Wildman–Crippen MR) is 85.8 cm³/mol. The molecule has 1 aromatic rings. The van der Waals surface area contributed by atoms with Crippen LogP contribution < -0.4 is 9.26 Å². The molecule has 0 amide bonds. The Hall–Kier alpha value is -1.29. The van der Waals surface area contributed by atoms with E-state index in [0.717, 1.165) is 5.56 Å². The molecule has 0 radical (unpaired) electrons. The molecule has 0 fully saturated rings. The summed E-state index contributed by atoms with van der Waals surface area (Å²) >= 11 is 0. The molecule has 21 heavy (non-hydrogen) atoms. The first-order valence-corrected chi connectivity index (χ1v) is 8.37. The summed E-state index contributed by atoms with van der Waals surface area (Å²) in [7, 11) is -0.0202. The van der Waals surface area contributed by atoms with Crippen LogP contribution in [0.1, 0.15) is 26.3 Å². The SMILES string of the molecule is C=Cc1cc(OP(=O)(OCC)N(C)C)ccc1OC(C)C. The number of hydrogen-bond acceptors (Lipinski definition) is 4. The van der Waals surface area contributed by atoms with Crippen molar-refractivity contribution in [2.45, 2.75) is 26.9 Å². The molecule has 0 saturated carbocycles. The van der Waals surface area contributed by atoms with Crippen molar-refractivity contribution in [1.29, 1.82) is 0 Å². The van der Waals surface area contributed by atoms with E-state index in [0.29, 0.717) is 18.1 Å². The monoisotopic (exact) mass is 313 g/mol. The minimum Gasteiger partial charge on any atom is -0.490 e. The third-order valence-corrected chi connectivity index (χ3v) is 4.57. The van der Waals surface area contributed by atoms with Gasteiger partial charge in [0.25, 0.3) is 0 Å². The highest BCUT2D eigenvalue weighted by Crippen LogP contribution is 2.50. The Kier molecular flexibility index (Phi) is 6.46. The second-order valence-electron chi connectivity index (χ2n) is 4.90. The summed E-state index contributed by atoms with van der Waals surface area (Å²) in [5, 5.41) is 0. The van der Waals surface area contributed by atoms with Gasteiger partial charge in [0.2, 0.25) is 0 Å². The van der Waals surface area contributed by atoms with Gasteiger partial charge in [0.05, 0.1) is 12.7 Å². The van der Waals surface area contributed by atoms with Crippen molar-refractivity contribution >= 4 is 13.8 Å². The molecule has 0 spiro atoms. The lowest BCUT2D eigenvalue weighted by molar-refractivity contribution is 0.236. The summed E-state index contributed by atoms with van der Waals surface area (Å²) in [5.41, 5.74) is 0.781. The Bertz CT molecular complexity index is 528. The molecule has 0 saturated heterocycles. The summed E-state index contributed by atoms with van der Waals surface area (Å²) in [6, 6.07) is 5.22. The Labute approximate surface area is 127 Å². The Morgan fingerprint density at radius 2 is 2.05 bits per heavy atom. The maximum Gasteiger partial charge on any atom is 0.460 e. The number of nitrogens with zero attached hydrogens (tertiary/aromatic N) is 1. The zero-order valence-electron chi connectivity index (χ0n) is 13.3. The molecule has 1 rings (SSSR count). The van der Waals surface area contributed by atoms with Gasteiger partial charge in [-0.1, -0.05) is 12.7 Å². The highest BCUT2D eigenvalue weighted by Gasteiger charge is 2.29. The van der Waals surface area contributed by atoms with Gasteiger partial charge in [-0.25, -0.2) is 9.24 Å². The third kappa shape index (κ3) is 4.88. The molecule has 1 aromatic carbocycles. The molecule has 0 aromatic heterocycles. The summed E-state index contributed by atoms with van der Waals surface area (Å²) in [6.07, 6.45) is 1.73. The van der Waals surface area contributed by atoms with Crippen LogP contribution in [-0.2, 0) is 9.09 Å². The number of ether oxygens (including phenoxy) is 1. The van der Waals surface area contributed by atoms with Crippen molar-refractivity contribution in [3.8, 4) is 11.5 Å². The summed E-state index contributed by atoms with van der Waals surface area (Å²) in [5.74, 6) is 1.16. The molecule has 0 bridgehead atoms. The highest BCUT2D eigenvalue weighted by molar-refractivity contribution is 7.51. The average molecular weight is 313 g/mol. The Morgan fingerprint density at radius 1 is 1.38 bits per heavy atom. The fraction of sp³-hybridized carbons (Fsp3) is 0.467. The van der Waals surface area contributed by atoms with Crippen molar-refractivity contribution in [2.75, 3.05) is 20.7 Å². The van der Waals surface area contributed by atoms with Crippen molar-refractivity contribution in [3.05, 3.63) is 30.3 Å². The minimum atomic E-state index is -3.33. The molecular formula is C15H24NO4P. The predicted octanol–water partition coefficient (Wildman–Crippen LogP) is 4.20. The Balaban J connectivity index is 3.04. The van der Waals surface area contributed by atoms with E-state index < -0.39 is 7.75 Å². The fourth-order valence-electron chi connectivity index (χ4n) is 1.62. The van der Waals surface area contributed by atoms with E-state index in [1.165, 1.54) is 4.67 Å². The molecule has 0 aliphatic heterocycles. The maximum absolute atomic E-state index is 12.6. The van der Waals surface area contributed by atoms with Crippen molar-refractivity contribution < 1.29 is 18.3 Å². The van der Waals surface area contributed by atoms with E-state index in [1.54, 1.807) is 45.3 Å². The topological polar surface area (TPSA) is 48.0 Å². The molecule has 6 heteroatoms.